The van der Waals surface area contributed by atoms with Crippen molar-refractivity contribution in [1.82, 2.24) is 4.90 Å². The molecule has 0 atom stereocenters. The summed E-state index contributed by atoms with van der Waals surface area (Å²) >= 11 is 0. The van der Waals surface area contributed by atoms with E-state index in [4.69, 9.17) is 14.2 Å². The zero-order valence-electron chi connectivity index (χ0n) is 19.8. The van der Waals surface area contributed by atoms with E-state index in [9.17, 15) is 4.79 Å². The van der Waals surface area contributed by atoms with E-state index in [2.05, 4.69) is 24.1 Å². The molecule has 0 aliphatic rings. The minimum Gasteiger partial charge on any atom is -0.497 e. The van der Waals surface area contributed by atoms with Crippen molar-refractivity contribution in [2.45, 2.75) is 13.8 Å². The van der Waals surface area contributed by atoms with E-state index in [1.165, 1.54) is 0 Å². The molecule has 6 nitrogen and oxygen atoms in total. The number of hydrogen-bond acceptors (Lipinski definition) is 5. The molecule has 6 heteroatoms. The Morgan fingerprint density at radius 3 is 2.27 bits per heavy atom. The van der Waals surface area contributed by atoms with Crippen molar-refractivity contribution in [3.05, 3.63) is 72.3 Å². The molecule has 3 aromatic carbocycles. The van der Waals surface area contributed by atoms with Crippen LogP contribution in [0.5, 0.6) is 17.2 Å². The van der Waals surface area contributed by atoms with Crippen LogP contribution in [0.3, 0.4) is 0 Å². The highest BCUT2D eigenvalue weighted by Crippen LogP contribution is 2.30. The largest absolute Gasteiger partial charge is 0.497 e. The lowest BCUT2D eigenvalue weighted by Crippen LogP contribution is -2.28. The van der Waals surface area contributed by atoms with Crippen molar-refractivity contribution in [1.29, 1.82) is 0 Å². The second-order valence-electron chi connectivity index (χ2n) is 7.50. The average molecular weight is 449 g/mol. The van der Waals surface area contributed by atoms with Crippen LogP contribution in [-0.2, 0) is 0 Å². The van der Waals surface area contributed by atoms with Crippen molar-refractivity contribution >= 4 is 11.6 Å². The number of anilines is 1. The van der Waals surface area contributed by atoms with Crippen LogP contribution in [0.25, 0.3) is 11.1 Å². The molecule has 0 aliphatic carbocycles. The molecule has 1 N–H and O–H groups in total. The molecule has 174 valence electrons. The molecule has 0 saturated heterocycles. The van der Waals surface area contributed by atoms with Gasteiger partial charge in [0.25, 0.3) is 5.91 Å². The Labute approximate surface area is 196 Å². The summed E-state index contributed by atoms with van der Waals surface area (Å²) in [5, 5.41) is 2.94. The standard InChI is InChI=1S/C27H32N2O4/c1-5-29(6-2)16-17-33-26-19-23(14-15-25(26)32-4)28-27(30)21-12-10-20(11-13-21)22-8-7-9-24(18-22)31-3/h7-15,18-19H,5-6,16-17H2,1-4H3,(H,28,30). The van der Waals surface area contributed by atoms with Gasteiger partial charge in [0.05, 0.1) is 14.2 Å². The molecule has 3 rings (SSSR count). The minimum absolute atomic E-state index is 0.188. The van der Waals surface area contributed by atoms with Gasteiger partial charge in [-0.3, -0.25) is 4.79 Å². The van der Waals surface area contributed by atoms with Gasteiger partial charge in [-0.2, -0.15) is 0 Å². The first-order chi connectivity index (χ1) is 16.1. The average Bonchev–Trinajstić information content (AvgIpc) is 2.87. The predicted octanol–water partition coefficient (Wildman–Crippen LogP) is 5.34. The van der Waals surface area contributed by atoms with E-state index in [0.29, 0.717) is 29.4 Å². The summed E-state index contributed by atoms with van der Waals surface area (Å²) in [5.41, 5.74) is 3.26. The Morgan fingerprint density at radius 2 is 1.61 bits per heavy atom. The minimum atomic E-state index is -0.188. The summed E-state index contributed by atoms with van der Waals surface area (Å²) in [7, 11) is 3.25. The smallest absolute Gasteiger partial charge is 0.255 e. The van der Waals surface area contributed by atoms with Crippen molar-refractivity contribution in [2.75, 3.05) is 45.8 Å². The third kappa shape index (κ3) is 6.49. The predicted molar refractivity (Wildman–Crippen MR) is 133 cm³/mol. The molecule has 0 radical (unpaired) electrons. The summed E-state index contributed by atoms with van der Waals surface area (Å²) < 4.78 is 16.6. The highest BCUT2D eigenvalue weighted by molar-refractivity contribution is 6.04. The van der Waals surface area contributed by atoms with Crippen LogP contribution < -0.4 is 19.5 Å². The van der Waals surface area contributed by atoms with Gasteiger partial charge in [-0.05, 0) is 60.6 Å². The normalized spacial score (nSPS) is 10.7. The topological polar surface area (TPSA) is 60.0 Å². The maximum Gasteiger partial charge on any atom is 0.255 e. The molecular weight excluding hydrogens is 416 g/mol. The lowest BCUT2D eigenvalue weighted by Gasteiger charge is -2.19. The van der Waals surface area contributed by atoms with Crippen LogP contribution in [-0.4, -0.2) is 51.3 Å². The maximum absolute atomic E-state index is 12.8. The van der Waals surface area contributed by atoms with Crippen LogP contribution >= 0.6 is 0 Å². The van der Waals surface area contributed by atoms with Crippen molar-refractivity contribution in [3.8, 4) is 28.4 Å². The van der Waals surface area contributed by atoms with E-state index in [-0.39, 0.29) is 5.91 Å². The number of nitrogens with zero attached hydrogens (tertiary/aromatic N) is 1. The Balaban J connectivity index is 1.67. The van der Waals surface area contributed by atoms with Gasteiger partial charge >= 0.3 is 0 Å². The number of ether oxygens (including phenoxy) is 3. The molecular formula is C27H32N2O4. The molecule has 0 unspecified atom stereocenters. The first-order valence-corrected chi connectivity index (χ1v) is 11.2. The number of carbonyl (C=O) groups excluding carboxylic acids is 1. The molecule has 1 amide bonds. The van der Waals surface area contributed by atoms with Gasteiger partial charge in [0, 0.05) is 23.9 Å². The number of nitrogens with one attached hydrogen (secondary N) is 1. The fourth-order valence-electron chi connectivity index (χ4n) is 3.51. The molecule has 33 heavy (non-hydrogen) atoms. The number of rotatable bonds is 11. The van der Waals surface area contributed by atoms with Crippen molar-refractivity contribution < 1.29 is 19.0 Å². The van der Waals surface area contributed by atoms with Crippen LogP contribution in [0.4, 0.5) is 5.69 Å². The zero-order chi connectivity index (χ0) is 23.6. The zero-order valence-corrected chi connectivity index (χ0v) is 19.8. The van der Waals surface area contributed by atoms with Gasteiger partial charge in [0.1, 0.15) is 12.4 Å². The molecule has 0 heterocycles. The third-order valence-corrected chi connectivity index (χ3v) is 5.53. The number of methoxy groups -OCH3 is 2. The molecule has 0 spiro atoms. The molecule has 3 aromatic rings. The quantitative estimate of drug-likeness (QED) is 0.429. The highest BCUT2D eigenvalue weighted by atomic mass is 16.5. The Morgan fingerprint density at radius 1 is 0.848 bits per heavy atom. The van der Waals surface area contributed by atoms with Gasteiger partial charge < -0.3 is 24.4 Å². The lowest BCUT2D eigenvalue weighted by atomic mass is 10.0. The fourth-order valence-corrected chi connectivity index (χ4v) is 3.51. The second kappa shape index (κ2) is 11.9. The van der Waals surface area contributed by atoms with Crippen LogP contribution in [0.15, 0.2) is 66.7 Å². The van der Waals surface area contributed by atoms with Gasteiger partial charge in [-0.15, -0.1) is 0 Å². The first-order valence-electron chi connectivity index (χ1n) is 11.2. The molecule has 0 bridgehead atoms. The maximum atomic E-state index is 12.8. The van der Waals surface area contributed by atoms with Gasteiger partial charge in [-0.25, -0.2) is 0 Å². The number of likely N-dealkylation sites (N-methyl/N-ethyl adjacent to an activating group) is 1. The summed E-state index contributed by atoms with van der Waals surface area (Å²) in [4.78, 5) is 15.1. The number of benzene rings is 3. The monoisotopic (exact) mass is 448 g/mol. The van der Waals surface area contributed by atoms with E-state index in [0.717, 1.165) is 36.5 Å². The summed E-state index contributed by atoms with van der Waals surface area (Å²) in [6.45, 7) is 7.58. The van der Waals surface area contributed by atoms with Gasteiger partial charge in [-0.1, -0.05) is 38.1 Å². The van der Waals surface area contributed by atoms with Crippen LogP contribution in [0.1, 0.15) is 24.2 Å². The first kappa shape index (κ1) is 24.1. The van der Waals surface area contributed by atoms with E-state index in [1.807, 2.05) is 48.5 Å². The fraction of sp³-hybridized carbons (Fsp3) is 0.296. The summed E-state index contributed by atoms with van der Waals surface area (Å²) in [5.74, 6) is 1.85. The lowest BCUT2D eigenvalue weighted by molar-refractivity contribution is 0.102. The SMILES string of the molecule is CCN(CC)CCOc1cc(NC(=O)c2ccc(-c3cccc(OC)c3)cc2)ccc1OC. The summed E-state index contributed by atoms with van der Waals surface area (Å²) in [6.07, 6.45) is 0. The Hall–Kier alpha value is -3.51. The number of amides is 1. The molecule has 0 saturated carbocycles. The Kier molecular flexibility index (Phi) is 8.72. The Bertz CT molecular complexity index is 1050. The van der Waals surface area contributed by atoms with Crippen molar-refractivity contribution in [2.24, 2.45) is 0 Å². The van der Waals surface area contributed by atoms with Crippen LogP contribution in [0, 0.1) is 0 Å². The second-order valence-corrected chi connectivity index (χ2v) is 7.50. The number of carbonyl (C=O) groups is 1. The van der Waals surface area contributed by atoms with Crippen molar-refractivity contribution in [3.63, 3.8) is 0 Å². The van der Waals surface area contributed by atoms with Crippen LogP contribution in [0.2, 0.25) is 0 Å². The number of hydrogen-bond donors (Lipinski definition) is 1. The molecule has 0 aliphatic heterocycles. The third-order valence-electron chi connectivity index (χ3n) is 5.53. The van der Waals surface area contributed by atoms with E-state index in [1.54, 1.807) is 32.4 Å². The van der Waals surface area contributed by atoms with Gasteiger partial charge in [0.15, 0.2) is 11.5 Å². The molecule has 0 aromatic heterocycles. The van der Waals surface area contributed by atoms with Gasteiger partial charge in [0.2, 0.25) is 0 Å². The van der Waals surface area contributed by atoms with E-state index < -0.39 is 0 Å². The van der Waals surface area contributed by atoms with E-state index >= 15 is 0 Å². The summed E-state index contributed by atoms with van der Waals surface area (Å²) in [6, 6.07) is 20.7. The highest BCUT2D eigenvalue weighted by Gasteiger charge is 2.11. The molecule has 0 fully saturated rings.